The van der Waals surface area contributed by atoms with E-state index in [1.807, 2.05) is 19.1 Å². The van der Waals surface area contributed by atoms with Crippen LogP contribution >= 0.6 is 0 Å². The SMILES string of the molecule is CCc1onc(C)c1C1CCCN1Cc1cccc(OC)c1OC. The van der Waals surface area contributed by atoms with Crippen molar-refractivity contribution >= 4 is 0 Å². The van der Waals surface area contributed by atoms with Gasteiger partial charge in [-0.1, -0.05) is 24.2 Å². The fourth-order valence-corrected chi connectivity index (χ4v) is 3.74. The van der Waals surface area contributed by atoms with Gasteiger partial charge in [0.2, 0.25) is 0 Å². The molecule has 0 spiro atoms. The molecule has 1 atom stereocenters. The number of likely N-dealkylation sites (tertiary alicyclic amines) is 1. The van der Waals surface area contributed by atoms with Crippen molar-refractivity contribution in [3.05, 3.63) is 40.8 Å². The van der Waals surface area contributed by atoms with Gasteiger partial charge in [0.15, 0.2) is 11.5 Å². The van der Waals surface area contributed by atoms with Crippen LogP contribution in [0.1, 0.15) is 48.4 Å². The Morgan fingerprint density at radius 1 is 1.29 bits per heavy atom. The van der Waals surface area contributed by atoms with Gasteiger partial charge in [-0.2, -0.15) is 0 Å². The number of ether oxygens (including phenoxy) is 2. The van der Waals surface area contributed by atoms with Gasteiger partial charge in [-0.05, 0) is 32.4 Å². The van der Waals surface area contributed by atoms with Crippen molar-refractivity contribution in [2.45, 2.75) is 45.7 Å². The van der Waals surface area contributed by atoms with Crippen LogP contribution in [0.25, 0.3) is 0 Å². The number of aryl methyl sites for hydroxylation is 2. The highest BCUT2D eigenvalue weighted by Gasteiger charge is 2.31. The Morgan fingerprint density at radius 2 is 2.12 bits per heavy atom. The second-order valence-electron chi connectivity index (χ2n) is 6.24. The summed E-state index contributed by atoms with van der Waals surface area (Å²) in [5.41, 5.74) is 3.44. The van der Waals surface area contributed by atoms with Gasteiger partial charge < -0.3 is 14.0 Å². The number of rotatable bonds is 6. The van der Waals surface area contributed by atoms with Gasteiger partial charge >= 0.3 is 0 Å². The smallest absolute Gasteiger partial charge is 0.165 e. The number of aromatic nitrogens is 1. The number of benzene rings is 1. The monoisotopic (exact) mass is 330 g/mol. The molecule has 0 amide bonds. The maximum atomic E-state index is 5.59. The van der Waals surface area contributed by atoms with Gasteiger partial charge in [0.25, 0.3) is 0 Å². The summed E-state index contributed by atoms with van der Waals surface area (Å²) in [6.07, 6.45) is 3.20. The molecule has 130 valence electrons. The maximum Gasteiger partial charge on any atom is 0.165 e. The third-order valence-corrected chi connectivity index (χ3v) is 4.86. The predicted molar refractivity (Wildman–Crippen MR) is 92.5 cm³/mol. The van der Waals surface area contributed by atoms with Crippen LogP contribution in [0.2, 0.25) is 0 Å². The Hall–Kier alpha value is -2.01. The first-order valence-electron chi connectivity index (χ1n) is 8.58. The highest BCUT2D eigenvalue weighted by atomic mass is 16.5. The molecule has 1 aliphatic heterocycles. The molecule has 1 saturated heterocycles. The molecule has 0 radical (unpaired) electrons. The Morgan fingerprint density at radius 3 is 2.83 bits per heavy atom. The van der Waals surface area contributed by atoms with Gasteiger partial charge in [0.1, 0.15) is 5.76 Å². The van der Waals surface area contributed by atoms with Crippen LogP contribution in [-0.2, 0) is 13.0 Å². The molecular weight excluding hydrogens is 304 g/mol. The Kier molecular flexibility index (Phi) is 5.09. The van der Waals surface area contributed by atoms with Crippen molar-refractivity contribution in [2.75, 3.05) is 20.8 Å². The number of para-hydroxylation sites is 1. The van der Waals surface area contributed by atoms with Crippen LogP contribution in [-0.4, -0.2) is 30.8 Å². The summed E-state index contributed by atoms with van der Waals surface area (Å²) in [5, 5.41) is 4.19. The first-order valence-corrected chi connectivity index (χ1v) is 8.58. The molecule has 2 heterocycles. The van der Waals surface area contributed by atoms with Crippen molar-refractivity contribution in [1.29, 1.82) is 0 Å². The zero-order chi connectivity index (χ0) is 17.1. The molecule has 0 aliphatic carbocycles. The molecule has 3 rings (SSSR count). The fourth-order valence-electron chi connectivity index (χ4n) is 3.74. The van der Waals surface area contributed by atoms with E-state index in [2.05, 4.69) is 23.0 Å². The first kappa shape index (κ1) is 16.8. The van der Waals surface area contributed by atoms with Crippen molar-refractivity contribution in [1.82, 2.24) is 10.1 Å². The van der Waals surface area contributed by atoms with E-state index in [4.69, 9.17) is 14.0 Å². The van der Waals surface area contributed by atoms with E-state index < -0.39 is 0 Å². The summed E-state index contributed by atoms with van der Waals surface area (Å²) in [7, 11) is 3.37. The van der Waals surface area contributed by atoms with Crippen LogP contribution in [0, 0.1) is 6.92 Å². The molecule has 0 bridgehead atoms. The van der Waals surface area contributed by atoms with Gasteiger partial charge in [-0.15, -0.1) is 0 Å². The molecule has 5 nitrogen and oxygen atoms in total. The lowest BCUT2D eigenvalue weighted by Crippen LogP contribution is -2.24. The molecule has 1 aliphatic rings. The van der Waals surface area contributed by atoms with Crippen LogP contribution in [0.15, 0.2) is 22.7 Å². The van der Waals surface area contributed by atoms with Crippen molar-refractivity contribution in [3.8, 4) is 11.5 Å². The molecular formula is C19H26N2O3. The highest BCUT2D eigenvalue weighted by molar-refractivity contribution is 5.46. The first-order chi connectivity index (χ1) is 11.7. The number of methoxy groups -OCH3 is 2. The van der Waals surface area contributed by atoms with E-state index in [9.17, 15) is 0 Å². The second kappa shape index (κ2) is 7.26. The standard InChI is InChI=1S/C19H26N2O3/c1-5-16-18(13(2)20-24-16)15-9-7-11-21(15)12-14-8-6-10-17(22-3)19(14)23-4/h6,8,10,15H,5,7,9,11-12H2,1-4H3. The van der Waals surface area contributed by atoms with E-state index in [1.54, 1.807) is 14.2 Å². The average Bonchev–Trinajstić information content (AvgIpc) is 3.20. The number of nitrogens with zero attached hydrogens (tertiary/aromatic N) is 2. The quantitative estimate of drug-likeness (QED) is 0.804. The predicted octanol–water partition coefficient (Wildman–Crippen LogP) is 3.90. The van der Waals surface area contributed by atoms with Gasteiger partial charge in [-0.3, -0.25) is 4.90 Å². The number of hydrogen-bond donors (Lipinski definition) is 0. The summed E-state index contributed by atoms with van der Waals surface area (Å²) in [6.45, 7) is 6.06. The topological polar surface area (TPSA) is 47.7 Å². The van der Waals surface area contributed by atoms with E-state index in [0.717, 1.165) is 54.4 Å². The van der Waals surface area contributed by atoms with Crippen LogP contribution < -0.4 is 9.47 Å². The number of hydrogen-bond acceptors (Lipinski definition) is 5. The van der Waals surface area contributed by atoms with E-state index in [-0.39, 0.29) is 0 Å². The maximum absolute atomic E-state index is 5.59. The summed E-state index contributed by atoms with van der Waals surface area (Å²) >= 11 is 0. The summed E-state index contributed by atoms with van der Waals surface area (Å²) in [4.78, 5) is 2.50. The Bertz CT molecular complexity index is 696. The van der Waals surface area contributed by atoms with Crippen molar-refractivity contribution in [2.24, 2.45) is 0 Å². The van der Waals surface area contributed by atoms with Gasteiger partial charge in [0.05, 0.1) is 19.9 Å². The molecule has 24 heavy (non-hydrogen) atoms. The van der Waals surface area contributed by atoms with Gasteiger partial charge in [-0.25, -0.2) is 0 Å². The van der Waals surface area contributed by atoms with E-state index in [0.29, 0.717) is 6.04 Å². The van der Waals surface area contributed by atoms with Crippen LogP contribution in [0.5, 0.6) is 11.5 Å². The lowest BCUT2D eigenvalue weighted by Gasteiger charge is -2.26. The van der Waals surface area contributed by atoms with Crippen molar-refractivity contribution in [3.63, 3.8) is 0 Å². The summed E-state index contributed by atoms with van der Waals surface area (Å²) < 4.78 is 16.5. The van der Waals surface area contributed by atoms with Gasteiger partial charge in [0, 0.05) is 30.1 Å². The minimum absolute atomic E-state index is 0.363. The molecule has 1 unspecified atom stereocenters. The fraction of sp³-hybridized carbons (Fsp3) is 0.526. The molecule has 0 N–H and O–H groups in total. The van der Waals surface area contributed by atoms with E-state index >= 15 is 0 Å². The lowest BCUT2D eigenvalue weighted by atomic mass is 10.0. The summed E-state index contributed by atoms with van der Waals surface area (Å²) in [5.74, 6) is 2.62. The zero-order valence-corrected chi connectivity index (χ0v) is 15.0. The molecule has 1 fully saturated rings. The third-order valence-electron chi connectivity index (χ3n) is 4.86. The second-order valence-corrected chi connectivity index (χ2v) is 6.24. The lowest BCUT2D eigenvalue weighted by molar-refractivity contribution is 0.240. The third kappa shape index (κ3) is 3.00. The molecule has 2 aromatic rings. The Balaban J connectivity index is 1.89. The normalized spacial score (nSPS) is 18.1. The zero-order valence-electron chi connectivity index (χ0n) is 15.0. The largest absolute Gasteiger partial charge is 0.493 e. The van der Waals surface area contributed by atoms with Crippen LogP contribution in [0.4, 0.5) is 0 Å². The minimum Gasteiger partial charge on any atom is -0.493 e. The minimum atomic E-state index is 0.363. The molecule has 1 aromatic heterocycles. The molecule has 0 saturated carbocycles. The molecule has 5 heteroatoms. The highest BCUT2D eigenvalue weighted by Crippen LogP contribution is 2.39. The summed E-state index contributed by atoms with van der Waals surface area (Å²) in [6, 6.07) is 6.42. The van der Waals surface area contributed by atoms with Crippen LogP contribution in [0.3, 0.4) is 0 Å². The Labute approximate surface area is 143 Å². The molecule has 1 aromatic carbocycles. The van der Waals surface area contributed by atoms with E-state index in [1.165, 1.54) is 12.0 Å². The van der Waals surface area contributed by atoms with Crippen molar-refractivity contribution < 1.29 is 14.0 Å². The average molecular weight is 330 g/mol.